The molecule has 1 aromatic carbocycles. The van der Waals surface area contributed by atoms with Gasteiger partial charge >= 0.3 is 0 Å². The van der Waals surface area contributed by atoms with Crippen LogP contribution in [0.2, 0.25) is 0 Å². The number of nitrogens with zero attached hydrogens (tertiary/aromatic N) is 2. The number of amides is 2. The minimum Gasteiger partial charge on any atom is -0.268 e. The minimum absolute atomic E-state index is 0.108. The highest BCUT2D eigenvalue weighted by Gasteiger charge is 2.38. The Labute approximate surface area is 106 Å². The lowest BCUT2D eigenvalue weighted by Gasteiger charge is -2.14. The molecule has 1 aromatic heterocycles. The summed E-state index contributed by atoms with van der Waals surface area (Å²) < 4.78 is 26.5. The number of carbonyl (C=O) groups excluding carboxylic acids is 2. The highest BCUT2D eigenvalue weighted by Crippen LogP contribution is 2.29. The summed E-state index contributed by atoms with van der Waals surface area (Å²) in [7, 11) is 0. The molecule has 2 amide bonds. The van der Waals surface area contributed by atoms with Crippen LogP contribution < -0.4 is 4.90 Å². The van der Waals surface area contributed by atoms with Crippen molar-refractivity contribution in [3.05, 3.63) is 59.4 Å². The van der Waals surface area contributed by atoms with Gasteiger partial charge in [-0.05, 0) is 18.2 Å². The highest BCUT2D eigenvalue weighted by atomic mass is 19.1. The molecule has 0 saturated carbocycles. The first-order valence-electron chi connectivity index (χ1n) is 5.37. The number of imide groups is 1. The standard InChI is InChI=1S/C13H6F2N2O2/c14-7-1-2-11(10(15)5-7)17-12(18)8-3-4-16-6-9(8)13(17)19/h1-6H. The van der Waals surface area contributed by atoms with Crippen molar-refractivity contribution in [2.45, 2.75) is 0 Å². The number of hydrogen-bond donors (Lipinski definition) is 0. The van der Waals surface area contributed by atoms with Crippen molar-refractivity contribution in [1.29, 1.82) is 0 Å². The Kier molecular flexibility index (Phi) is 2.38. The predicted molar refractivity (Wildman–Crippen MR) is 61.7 cm³/mol. The van der Waals surface area contributed by atoms with Gasteiger partial charge in [0.25, 0.3) is 11.8 Å². The smallest absolute Gasteiger partial charge is 0.267 e. The molecule has 0 radical (unpaired) electrons. The molecule has 1 aliphatic rings. The zero-order chi connectivity index (χ0) is 13.6. The van der Waals surface area contributed by atoms with Gasteiger partial charge in [-0.2, -0.15) is 0 Å². The van der Waals surface area contributed by atoms with E-state index in [9.17, 15) is 18.4 Å². The predicted octanol–water partition coefficient (Wildman–Crippen LogP) is 2.16. The summed E-state index contributed by atoms with van der Waals surface area (Å²) in [5.74, 6) is -3.06. The Morgan fingerprint density at radius 3 is 2.42 bits per heavy atom. The van der Waals surface area contributed by atoms with Crippen LogP contribution in [-0.2, 0) is 0 Å². The van der Waals surface area contributed by atoms with Gasteiger partial charge in [-0.1, -0.05) is 0 Å². The Bertz CT molecular complexity index is 681. The molecule has 94 valence electrons. The number of halogens is 2. The summed E-state index contributed by atoms with van der Waals surface area (Å²) in [6.07, 6.45) is 2.62. The van der Waals surface area contributed by atoms with E-state index in [-0.39, 0.29) is 16.8 Å². The van der Waals surface area contributed by atoms with Gasteiger partial charge in [0, 0.05) is 18.5 Å². The zero-order valence-corrected chi connectivity index (χ0v) is 9.43. The third kappa shape index (κ3) is 1.61. The van der Waals surface area contributed by atoms with Crippen molar-refractivity contribution in [3.63, 3.8) is 0 Å². The van der Waals surface area contributed by atoms with Gasteiger partial charge in [-0.3, -0.25) is 14.6 Å². The van der Waals surface area contributed by atoms with E-state index < -0.39 is 23.4 Å². The highest BCUT2D eigenvalue weighted by molar-refractivity contribution is 6.34. The molecule has 0 N–H and O–H groups in total. The van der Waals surface area contributed by atoms with Crippen LogP contribution >= 0.6 is 0 Å². The fourth-order valence-electron chi connectivity index (χ4n) is 1.97. The molecule has 6 heteroatoms. The second-order valence-electron chi connectivity index (χ2n) is 3.96. The van der Waals surface area contributed by atoms with Gasteiger partial charge in [0.05, 0.1) is 16.8 Å². The van der Waals surface area contributed by atoms with Crippen LogP contribution in [0.25, 0.3) is 0 Å². The van der Waals surface area contributed by atoms with E-state index in [2.05, 4.69) is 4.98 Å². The minimum atomic E-state index is -0.970. The van der Waals surface area contributed by atoms with Crippen LogP contribution in [-0.4, -0.2) is 16.8 Å². The number of carbonyl (C=O) groups is 2. The number of rotatable bonds is 1. The topological polar surface area (TPSA) is 50.3 Å². The molecule has 0 bridgehead atoms. The van der Waals surface area contributed by atoms with Crippen molar-refractivity contribution < 1.29 is 18.4 Å². The Balaban J connectivity index is 2.14. The van der Waals surface area contributed by atoms with Crippen LogP contribution in [0.3, 0.4) is 0 Å². The van der Waals surface area contributed by atoms with E-state index in [0.29, 0.717) is 11.0 Å². The van der Waals surface area contributed by atoms with E-state index in [1.54, 1.807) is 0 Å². The van der Waals surface area contributed by atoms with E-state index in [0.717, 1.165) is 12.1 Å². The fraction of sp³-hybridized carbons (Fsp3) is 0. The first-order chi connectivity index (χ1) is 9.09. The molecule has 0 unspecified atom stereocenters. The number of pyridine rings is 1. The first kappa shape index (κ1) is 11.5. The van der Waals surface area contributed by atoms with E-state index in [4.69, 9.17) is 0 Å². The van der Waals surface area contributed by atoms with Crippen molar-refractivity contribution in [1.82, 2.24) is 4.98 Å². The molecule has 2 heterocycles. The van der Waals surface area contributed by atoms with Gasteiger partial charge < -0.3 is 0 Å². The number of anilines is 1. The molecule has 0 saturated heterocycles. The summed E-state index contributed by atoms with van der Waals surface area (Å²) in [6.45, 7) is 0. The van der Waals surface area contributed by atoms with Crippen molar-refractivity contribution >= 4 is 17.5 Å². The van der Waals surface area contributed by atoms with E-state index in [1.807, 2.05) is 0 Å². The molecule has 4 nitrogen and oxygen atoms in total. The second-order valence-corrected chi connectivity index (χ2v) is 3.96. The molecular formula is C13H6F2N2O2. The monoisotopic (exact) mass is 260 g/mol. The van der Waals surface area contributed by atoms with Gasteiger partial charge in [0.15, 0.2) is 0 Å². The van der Waals surface area contributed by atoms with E-state index >= 15 is 0 Å². The zero-order valence-electron chi connectivity index (χ0n) is 9.43. The Morgan fingerprint density at radius 2 is 1.74 bits per heavy atom. The molecule has 3 rings (SSSR count). The van der Waals surface area contributed by atoms with Crippen LogP contribution in [0.15, 0.2) is 36.7 Å². The third-order valence-corrected chi connectivity index (χ3v) is 2.84. The Hall–Kier alpha value is -2.63. The second kappa shape index (κ2) is 3.94. The van der Waals surface area contributed by atoms with E-state index in [1.165, 1.54) is 18.5 Å². The summed E-state index contributed by atoms with van der Waals surface area (Å²) in [4.78, 5) is 28.5. The van der Waals surface area contributed by atoms with Crippen LogP contribution in [0, 0.1) is 11.6 Å². The first-order valence-corrected chi connectivity index (χ1v) is 5.37. The maximum Gasteiger partial charge on any atom is 0.267 e. The average Bonchev–Trinajstić information content (AvgIpc) is 2.64. The molecule has 0 aliphatic carbocycles. The lowest BCUT2D eigenvalue weighted by atomic mass is 10.2. The third-order valence-electron chi connectivity index (χ3n) is 2.84. The van der Waals surface area contributed by atoms with Crippen LogP contribution in [0.1, 0.15) is 20.7 Å². The van der Waals surface area contributed by atoms with Crippen LogP contribution in [0.4, 0.5) is 14.5 Å². The van der Waals surface area contributed by atoms with Gasteiger partial charge in [-0.15, -0.1) is 0 Å². The largest absolute Gasteiger partial charge is 0.268 e. The molecule has 1 aliphatic heterocycles. The lowest BCUT2D eigenvalue weighted by Crippen LogP contribution is -2.30. The molecule has 2 aromatic rings. The summed E-state index contributed by atoms with van der Waals surface area (Å²) in [5, 5.41) is 0. The maximum absolute atomic E-state index is 13.7. The molecule has 19 heavy (non-hydrogen) atoms. The van der Waals surface area contributed by atoms with Crippen molar-refractivity contribution in [3.8, 4) is 0 Å². The van der Waals surface area contributed by atoms with Crippen molar-refractivity contribution in [2.75, 3.05) is 4.90 Å². The molecule has 0 atom stereocenters. The molecular weight excluding hydrogens is 254 g/mol. The lowest BCUT2D eigenvalue weighted by molar-refractivity contribution is 0.0924. The summed E-state index contributed by atoms with van der Waals surface area (Å²) >= 11 is 0. The molecule has 0 spiro atoms. The van der Waals surface area contributed by atoms with Crippen molar-refractivity contribution in [2.24, 2.45) is 0 Å². The average molecular weight is 260 g/mol. The maximum atomic E-state index is 13.7. The number of fused-ring (bicyclic) bond motifs is 1. The normalized spacial score (nSPS) is 13.9. The van der Waals surface area contributed by atoms with Crippen LogP contribution in [0.5, 0.6) is 0 Å². The number of benzene rings is 1. The van der Waals surface area contributed by atoms with Gasteiger partial charge in [0.2, 0.25) is 0 Å². The Morgan fingerprint density at radius 1 is 1.00 bits per heavy atom. The van der Waals surface area contributed by atoms with Gasteiger partial charge in [0.1, 0.15) is 11.6 Å². The molecule has 0 fully saturated rings. The fourth-order valence-corrected chi connectivity index (χ4v) is 1.97. The van der Waals surface area contributed by atoms with Gasteiger partial charge in [-0.25, -0.2) is 13.7 Å². The quantitative estimate of drug-likeness (QED) is 0.738. The number of aromatic nitrogens is 1. The summed E-state index contributed by atoms with van der Waals surface area (Å²) in [6, 6.07) is 4.05. The number of hydrogen-bond acceptors (Lipinski definition) is 3. The SMILES string of the molecule is O=C1c2ccncc2C(=O)N1c1ccc(F)cc1F. The summed E-state index contributed by atoms with van der Waals surface area (Å²) in [5.41, 5.74) is -0.00690.